The number of anilines is 1. The van der Waals surface area contributed by atoms with Crippen molar-refractivity contribution < 1.29 is 14.3 Å². The zero-order valence-corrected chi connectivity index (χ0v) is 20.9. The van der Waals surface area contributed by atoms with Crippen molar-refractivity contribution in [3.63, 3.8) is 0 Å². The van der Waals surface area contributed by atoms with Gasteiger partial charge in [0.25, 0.3) is 0 Å². The van der Waals surface area contributed by atoms with E-state index in [1.165, 1.54) is 28.0 Å². The second-order valence-electron chi connectivity index (χ2n) is 7.50. The Morgan fingerprint density at radius 3 is 2.76 bits per heavy atom. The maximum absolute atomic E-state index is 12.8. The topological polar surface area (TPSA) is 86.1 Å². The SMILES string of the molecule is CCOC(=O)c1c(NC(=O)CSc2nnc(-c3ccccc3Cl)n2CC)sc2c1CCCC2. The molecule has 1 aromatic carbocycles. The molecule has 0 unspecified atom stereocenters. The number of thioether (sulfide) groups is 1. The van der Waals surface area contributed by atoms with Gasteiger partial charge in [-0.3, -0.25) is 4.79 Å². The van der Waals surface area contributed by atoms with Crippen molar-refractivity contribution in [1.82, 2.24) is 14.8 Å². The van der Waals surface area contributed by atoms with Gasteiger partial charge in [-0.15, -0.1) is 21.5 Å². The summed E-state index contributed by atoms with van der Waals surface area (Å²) in [7, 11) is 0. The molecular formula is C23H25ClN4O3S2. The smallest absolute Gasteiger partial charge is 0.341 e. The first-order valence-corrected chi connectivity index (χ1v) is 13.1. The van der Waals surface area contributed by atoms with Gasteiger partial charge < -0.3 is 14.6 Å². The Kier molecular flexibility index (Phi) is 7.72. The number of aromatic nitrogens is 3. The molecule has 10 heteroatoms. The third-order valence-corrected chi connectivity index (χ3v) is 7.89. The number of thiophene rings is 1. The number of nitrogens with one attached hydrogen (secondary N) is 1. The van der Waals surface area contributed by atoms with Crippen molar-refractivity contribution in [2.24, 2.45) is 0 Å². The van der Waals surface area contributed by atoms with E-state index < -0.39 is 0 Å². The van der Waals surface area contributed by atoms with Crippen LogP contribution in [0.1, 0.15) is 47.5 Å². The van der Waals surface area contributed by atoms with Crippen LogP contribution in [0.2, 0.25) is 5.02 Å². The van der Waals surface area contributed by atoms with Crippen molar-refractivity contribution in [2.75, 3.05) is 17.7 Å². The number of hydrogen-bond donors (Lipinski definition) is 1. The summed E-state index contributed by atoms with van der Waals surface area (Å²) in [4.78, 5) is 26.6. The lowest BCUT2D eigenvalue weighted by molar-refractivity contribution is -0.113. The number of benzene rings is 1. The van der Waals surface area contributed by atoms with E-state index >= 15 is 0 Å². The molecule has 2 heterocycles. The maximum Gasteiger partial charge on any atom is 0.341 e. The molecule has 3 aromatic rings. The monoisotopic (exact) mass is 504 g/mol. The molecule has 0 bridgehead atoms. The van der Waals surface area contributed by atoms with Gasteiger partial charge in [-0.25, -0.2) is 4.79 Å². The molecule has 0 radical (unpaired) electrons. The fraction of sp³-hybridized carbons (Fsp3) is 0.391. The van der Waals surface area contributed by atoms with Gasteiger partial charge in [0.1, 0.15) is 5.00 Å². The van der Waals surface area contributed by atoms with E-state index in [4.69, 9.17) is 16.3 Å². The average Bonchev–Trinajstić information content (AvgIpc) is 3.38. The van der Waals surface area contributed by atoms with Crippen LogP contribution in [0.5, 0.6) is 0 Å². The highest BCUT2D eigenvalue weighted by Crippen LogP contribution is 2.39. The lowest BCUT2D eigenvalue weighted by Gasteiger charge is -2.12. The molecule has 0 spiro atoms. The molecule has 33 heavy (non-hydrogen) atoms. The van der Waals surface area contributed by atoms with Crippen LogP contribution in [0, 0.1) is 0 Å². The third kappa shape index (κ3) is 5.10. The van der Waals surface area contributed by atoms with E-state index in [1.54, 1.807) is 6.92 Å². The Balaban J connectivity index is 1.49. The zero-order valence-electron chi connectivity index (χ0n) is 18.5. The predicted octanol–water partition coefficient (Wildman–Crippen LogP) is 5.47. The number of ether oxygens (including phenoxy) is 1. The molecular weight excluding hydrogens is 480 g/mol. The lowest BCUT2D eigenvalue weighted by Crippen LogP contribution is -2.17. The summed E-state index contributed by atoms with van der Waals surface area (Å²) in [5.41, 5.74) is 2.35. The van der Waals surface area contributed by atoms with Gasteiger partial charge in [-0.2, -0.15) is 0 Å². The number of rotatable bonds is 8. The number of halogens is 1. The normalized spacial score (nSPS) is 12.9. The van der Waals surface area contributed by atoms with Crippen LogP contribution in [0.25, 0.3) is 11.4 Å². The second-order valence-corrected chi connectivity index (χ2v) is 9.96. The second kappa shape index (κ2) is 10.7. The molecule has 1 aliphatic carbocycles. The first kappa shape index (κ1) is 23.8. The van der Waals surface area contributed by atoms with Crippen molar-refractivity contribution in [3.05, 3.63) is 45.3 Å². The summed E-state index contributed by atoms with van der Waals surface area (Å²) in [6.45, 7) is 4.72. The number of nitrogens with zero attached hydrogens (tertiary/aromatic N) is 3. The van der Waals surface area contributed by atoms with E-state index in [0.29, 0.717) is 39.7 Å². The van der Waals surface area contributed by atoms with Crippen molar-refractivity contribution >= 4 is 51.6 Å². The van der Waals surface area contributed by atoms with Crippen LogP contribution < -0.4 is 5.32 Å². The van der Waals surface area contributed by atoms with Crippen LogP contribution in [0.4, 0.5) is 5.00 Å². The molecule has 1 aliphatic rings. The molecule has 0 fully saturated rings. The Labute approximate surface area is 205 Å². The summed E-state index contributed by atoms with van der Waals surface area (Å²) < 4.78 is 7.20. The Morgan fingerprint density at radius 1 is 1.21 bits per heavy atom. The first-order valence-electron chi connectivity index (χ1n) is 11.0. The van der Waals surface area contributed by atoms with E-state index in [1.807, 2.05) is 35.8 Å². The number of amides is 1. The molecule has 0 saturated carbocycles. The summed E-state index contributed by atoms with van der Waals surface area (Å²) in [5, 5.41) is 13.3. The average molecular weight is 505 g/mol. The van der Waals surface area contributed by atoms with Crippen LogP contribution in [-0.2, 0) is 28.9 Å². The molecule has 2 aromatic heterocycles. The van der Waals surface area contributed by atoms with Crippen LogP contribution in [-0.4, -0.2) is 39.0 Å². The van der Waals surface area contributed by atoms with E-state index in [9.17, 15) is 9.59 Å². The van der Waals surface area contributed by atoms with Gasteiger partial charge in [0, 0.05) is 17.0 Å². The molecule has 1 N–H and O–H groups in total. The van der Waals surface area contributed by atoms with E-state index in [-0.39, 0.29) is 17.6 Å². The Hall–Kier alpha value is -2.36. The maximum atomic E-state index is 12.8. The predicted molar refractivity (Wildman–Crippen MR) is 132 cm³/mol. The molecule has 0 atom stereocenters. The van der Waals surface area contributed by atoms with Crippen LogP contribution >= 0.6 is 34.7 Å². The van der Waals surface area contributed by atoms with Crippen LogP contribution in [0.15, 0.2) is 29.4 Å². The minimum atomic E-state index is -0.366. The van der Waals surface area contributed by atoms with Gasteiger partial charge in [0.05, 0.1) is 22.9 Å². The molecule has 7 nitrogen and oxygen atoms in total. The highest BCUT2D eigenvalue weighted by molar-refractivity contribution is 7.99. The van der Waals surface area contributed by atoms with Crippen LogP contribution in [0.3, 0.4) is 0 Å². The Morgan fingerprint density at radius 2 is 2.00 bits per heavy atom. The quantitative estimate of drug-likeness (QED) is 0.323. The highest BCUT2D eigenvalue weighted by Gasteiger charge is 2.27. The zero-order chi connectivity index (χ0) is 23.4. The summed E-state index contributed by atoms with van der Waals surface area (Å²) in [6.07, 6.45) is 3.91. The fourth-order valence-electron chi connectivity index (χ4n) is 3.89. The standard InChI is InChI=1S/C23H25ClN4O3S2/c1-3-28-20(14-9-5-7-11-16(14)24)26-27-23(28)32-13-18(29)25-21-19(22(30)31-4-2)15-10-6-8-12-17(15)33-21/h5,7,9,11H,3-4,6,8,10,12-13H2,1-2H3,(H,25,29). The van der Waals surface area contributed by atoms with Gasteiger partial charge in [-0.1, -0.05) is 35.5 Å². The van der Waals surface area contributed by atoms with Gasteiger partial charge >= 0.3 is 5.97 Å². The molecule has 0 saturated heterocycles. The minimum Gasteiger partial charge on any atom is -0.462 e. The van der Waals surface area contributed by atoms with Gasteiger partial charge in [0.15, 0.2) is 11.0 Å². The van der Waals surface area contributed by atoms with Gasteiger partial charge in [-0.05, 0) is 57.2 Å². The number of esters is 1. The highest BCUT2D eigenvalue weighted by atomic mass is 35.5. The summed E-state index contributed by atoms with van der Waals surface area (Å²) >= 11 is 9.12. The number of carbonyl (C=O) groups is 2. The largest absolute Gasteiger partial charge is 0.462 e. The van der Waals surface area contributed by atoms with Crippen molar-refractivity contribution in [3.8, 4) is 11.4 Å². The molecule has 174 valence electrons. The third-order valence-electron chi connectivity index (χ3n) is 5.38. The Bertz CT molecular complexity index is 1170. The number of carbonyl (C=O) groups excluding carboxylic acids is 2. The molecule has 1 amide bonds. The fourth-order valence-corrected chi connectivity index (χ4v) is 6.20. The number of aryl methyl sites for hydroxylation is 1. The van der Waals surface area contributed by atoms with E-state index in [0.717, 1.165) is 36.8 Å². The minimum absolute atomic E-state index is 0.144. The first-order chi connectivity index (χ1) is 16.0. The lowest BCUT2D eigenvalue weighted by atomic mass is 9.95. The number of hydrogen-bond acceptors (Lipinski definition) is 7. The van der Waals surface area contributed by atoms with E-state index in [2.05, 4.69) is 15.5 Å². The molecule has 4 rings (SSSR count). The number of fused-ring (bicyclic) bond motifs is 1. The van der Waals surface area contributed by atoms with Crippen molar-refractivity contribution in [1.29, 1.82) is 0 Å². The summed E-state index contributed by atoms with van der Waals surface area (Å²) in [6, 6.07) is 7.48. The summed E-state index contributed by atoms with van der Waals surface area (Å²) in [5.74, 6) is 0.247. The molecule has 0 aliphatic heterocycles. The van der Waals surface area contributed by atoms with Gasteiger partial charge in [0.2, 0.25) is 5.91 Å². The van der Waals surface area contributed by atoms with Crippen molar-refractivity contribution in [2.45, 2.75) is 51.2 Å².